The molecule has 5 rings (SSSR count). The van der Waals surface area contributed by atoms with Gasteiger partial charge in [0, 0.05) is 6.42 Å². The Kier molecular flexibility index (Phi) is 4.56. The van der Waals surface area contributed by atoms with Crippen molar-refractivity contribution in [3.8, 4) is 0 Å². The number of para-hydroxylation sites is 1. The lowest BCUT2D eigenvalue weighted by Gasteiger charge is -2.25. The predicted molar refractivity (Wildman–Crippen MR) is 115 cm³/mol. The van der Waals surface area contributed by atoms with Crippen LogP contribution in [0.5, 0.6) is 0 Å². The number of fused-ring (bicyclic) bond motifs is 1. The van der Waals surface area contributed by atoms with E-state index in [1.165, 1.54) is 21.9 Å². The van der Waals surface area contributed by atoms with Gasteiger partial charge in [-0.25, -0.2) is 0 Å². The molecule has 1 fully saturated rings. The van der Waals surface area contributed by atoms with Gasteiger partial charge in [-0.15, -0.1) is 0 Å². The van der Waals surface area contributed by atoms with Gasteiger partial charge < -0.3 is 0 Å². The van der Waals surface area contributed by atoms with E-state index in [0.29, 0.717) is 6.04 Å². The van der Waals surface area contributed by atoms with Gasteiger partial charge in [0.1, 0.15) is 6.10 Å². The molecular formula is C26H23NO. The zero-order chi connectivity index (χ0) is 18.8. The molecule has 2 nitrogen and oxygen atoms in total. The SMILES string of the molecule is c1ccc([C@@H]2C[C@H](Cc3ccc4ccccc4c3)N(c3ccccc3)O2)cc1. The standard InChI is InChI=1S/C26H23NO/c1-3-10-22(11-4-1)26-19-25(27(28-26)24-13-5-2-6-14-24)18-20-15-16-21-9-7-8-12-23(21)17-20/h1-17,25-26H,18-19H2/t25-,26-/m0/s1. The molecule has 4 aromatic carbocycles. The zero-order valence-electron chi connectivity index (χ0n) is 15.7. The van der Waals surface area contributed by atoms with Gasteiger partial charge in [-0.1, -0.05) is 91.0 Å². The average Bonchev–Trinajstić information content (AvgIpc) is 3.19. The van der Waals surface area contributed by atoms with Crippen molar-refractivity contribution in [2.24, 2.45) is 0 Å². The first-order valence-corrected chi connectivity index (χ1v) is 9.90. The summed E-state index contributed by atoms with van der Waals surface area (Å²) >= 11 is 0. The maximum absolute atomic E-state index is 6.44. The summed E-state index contributed by atoms with van der Waals surface area (Å²) in [6.07, 6.45) is 2.03. The second-order valence-electron chi connectivity index (χ2n) is 7.44. The van der Waals surface area contributed by atoms with Crippen LogP contribution in [0, 0.1) is 0 Å². The fraction of sp³-hybridized carbons (Fsp3) is 0.154. The number of rotatable bonds is 4. The number of nitrogens with zero attached hydrogens (tertiary/aromatic N) is 1. The molecule has 1 aliphatic heterocycles. The summed E-state index contributed by atoms with van der Waals surface area (Å²) in [5, 5.41) is 4.70. The number of hydroxylamine groups is 1. The smallest absolute Gasteiger partial charge is 0.113 e. The molecule has 0 bridgehead atoms. The molecule has 1 saturated heterocycles. The summed E-state index contributed by atoms with van der Waals surface area (Å²) in [7, 11) is 0. The van der Waals surface area contributed by atoms with Gasteiger partial charge in [-0.2, -0.15) is 0 Å². The molecule has 2 heteroatoms. The molecule has 0 N–H and O–H groups in total. The van der Waals surface area contributed by atoms with Crippen LogP contribution in [0.4, 0.5) is 5.69 Å². The molecule has 4 aromatic rings. The van der Waals surface area contributed by atoms with Crippen LogP contribution in [0.2, 0.25) is 0 Å². The van der Waals surface area contributed by atoms with Crippen LogP contribution in [-0.2, 0) is 11.3 Å². The lowest BCUT2D eigenvalue weighted by molar-refractivity contribution is 0.0836. The van der Waals surface area contributed by atoms with Crippen LogP contribution in [-0.4, -0.2) is 6.04 Å². The Labute approximate surface area is 166 Å². The summed E-state index contributed by atoms with van der Waals surface area (Å²) in [5.74, 6) is 0. The van der Waals surface area contributed by atoms with E-state index in [2.05, 4.69) is 102 Å². The van der Waals surface area contributed by atoms with Crippen LogP contribution < -0.4 is 5.06 Å². The fourth-order valence-corrected chi connectivity index (χ4v) is 4.12. The van der Waals surface area contributed by atoms with E-state index in [-0.39, 0.29) is 6.10 Å². The van der Waals surface area contributed by atoms with E-state index < -0.39 is 0 Å². The number of anilines is 1. The van der Waals surface area contributed by atoms with E-state index in [9.17, 15) is 0 Å². The molecule has 138 valence electrons. The first-order chi connectivity index (χ1) is 13.9. The first kappa shape index (κ1) is 17.0. The van der Waals surface area contributed by atoms with E-state index >= 15 is 0 Å². The average molecular weight is 365 g/mol. The van der Waals surface area contributed by atoms with Gasteiger partial charge in [0.15, 0.2) is 0 Å². The summed E-state index contributed by atoms with van der Waals surface area (Å²) in [4.78, 5) is 6.44. The highest BCUT2D eigenvalue weighted by atomic mass is 16.7. The minimum absolute atomic E-state index is 0.0897. The van der Waals surface area contributed by atoms with Gasteiger partial charge in [-0.05, 0) is 40.5 Å². The Balaban J connectivity index is 1.45. The molecule has 28 heavy (non-hydrogen) atoms. The molecule has 0 radical (unpaired) electrons. The highest BCUT2D eigenvalue weighted by Gasteiger charge is 2.34. The van der Waals surface area contributed by atoms with E-state index in [0.717, 1.165) is 18.5 Å². The zero-order valence-corrected chi connectivity index (χ0v) is 15.7. The number of hydrogen-bond acceptors (Lipinski definition) is 2. The second kappa shape index (κ2) is 7.49. The van der Waals surface area contributed by atoms with Crippen molar-refractivity contribution >= 4 is 16.5 Å². The molecule has 2 atom stereocenters. The van der Waals surface area contributed by atoms with Gasteiger partial charge in [-0.3, -0.25) is 9.90 Å². The van der Waals surface area contributed by atoms with E-state index in [1.54, 1.807) is 0 Å². The largest absolute Gasteiger partial charge is 0.265 e. The minimum atomic E-state index is 0.0897. The monoisotopic (exact) mass is 365 g/mol. The Morgan fingerprint density at radius 1 is 0.714 bits per heavy atom. The van der Waals surface area contributed by atoms with E-state index in [4.69, 9.17) is 4.84 Å². The number of hydrogen-bond donors (Lipinski definition) is 0. The summed E-state index contributed by atoms with van der Waals surface area (Å²) in [5.41, 5.74) is 3.71. The van der Waals surface area contributed by atoms with Crippen LogP contribution in [0.15, 0.2) is 103 Å². The third kappa shape index (κ3) is 3.39. The molecule has 0 amide bonds. The maximum atomic E-state index is 6.44. The lowest BCUT2D eigenvalue weighted by atomic mass is 9.96. The second-order valence-corrected chi connectivity index (χ2v) is 7.44. The molecule has 1 aliphatic rings. The minimum Gasteiger partial charge on any atom is -0.265 e. The Morgan fingerprint density at radius 2 is 1.39 bits per heavy atom. The molecule has 1 heterocycles. The maximum Gasteiger partial charge on any atom is 0.113 e. The molecule has 0 unspecified atom stereocenters. The molecule has 0 aliphatic carbocycles. The summed E-state index contributed by atoms with van der Waals surface area (Å²) in [6.45, 7) is 0. The summed E-state index contributed by atoms with van der Waals surface area (Å²) < 4.78 is 0. The topological polar surface area (TPSA) is 12.5 Å². The van der Waals surface area contributed by atoms with Crippen LogP contribution in [0.25, 0.3) is 10.8 Å². The number of benzene rings is 4. The summed E-state index contributed by atoms with van der Waals surface area (Å²) in [6, 6.07) is 36.6. The molecule has 0 saturated carbocycles. The molecule has 0 spiro atoms. The molecular weight excluding hydrogens is 342 g/mol. The van der Waals surface area contributed by atoms with Crippen molar-refractivity contribution in [2.45, 2.75) is 25.0 Å². The first-order valence-electron chi connectivity index (χ1n) is 9.90. The van der Waals surface area contributed by atoms with Crippen molar-refractivity contribution in [3.05, 3.63) is 114 Å². The van der Waals surface area contributed by atoms with E-state index in [1.807, 2.05) is 6.07 Å². The van der Waals surface area contributed by atoms with Gasteiger partial charge in [0.2, 0.25) is 0 Å². The van der Waals surface area contributed by atoms with Crippen molar-refractivity contribution < 1.29 is 4.84 Å². The Hall–Kier alpha value is -3.10. The van der Waals surface area contributed by atoms with Crippen molar-refractivity contribution in [3.63, 3.8) is 0 Å². The fourth-order valence-electron chi connectivity index (χ4n) is 4.12. The van der Waals surface area contributed by atoms with Crippen molar-refractivity contribution in [2.75, 3.05) is 5.06 Å². The lowest BCUT2D eigenvalue weighted by Crippen LogP contribution is -2.29. The predicted octanol–water partition coefficient (Wildman–Crippen LogP) is 6.33. The normalized spacial score (nSPS) is 19.2. The van der Waals surface area contributed by atoms with Gasteiger partial charge >= 0.3 is 0 Å². The Bertz CT molecular complexity index is 1060. The van der Waals surface area contributed by atoms with Gasteiger partial charge in [0.25, 0.3) is 0 Å². The highest BCUT2D eigenvalue weighted by Crippen LogP contribution is 2.38. The van der Waals surface area contributed by atoms with Crippen LogP contribution in [0.3, 0.4) is 0 Å². The van der Waals surface area contributed by atoms with Crippen LogP contribution >= 0.6 is 0 Å². The van der Waals surface area contributed by atoms with Crippen LogP contribution in [0.1, 0.15) is 23.7 Å². The third-order valence-electron chi connectivity index (χ3n) is 5.53. The van der Waals surface area contributed by atoms with Gasteiger partial charge in [0.05, 0.1) is 11.7 Å². The quantitative estimate of drug-likeness (QED) is 0.419. The Morgan fingerprint density at radius 3 is 2.18 bits per heavy atom. The third-order valence-corrected chi connectivity index (χ3v) is 5.53. The van der Waals surface area contributed by atoms with Crippen molar-refractivity contribution in [1.29, 1.82) is 0 Å². The molecule has 0 aromatic heterocycles. The highest BCUT2D eigenvalue weighted by molar-refractivity contribution is 5.83. The van der Waals surface area contributed by atoms with Crippen molar-refractivity contribution in [1.82, 2.24) is 0 Å².